The number of ether oxygens (including phenoxy) is 1. The van der Waals surface area contributed by atoms with Crippen LogP contribution in [0.25, 0.3) is 0 Å². The van der Waals surface area contributed by atoms with Crippen LogP contribution in [0.5, 0.6) is 5.75 Å². The van der Waals surface area contributed by atoms with Crippen molar-refractivity contribution < 1.29 is 14.3 Å². The number of amides is 3. The number of nitrogens with two attached hydrogens (primary N) is 1. The second-order valence-electron chi connectivity index (χ2n) is 7.31. The van der Waals surface area contributed by atoms with Gasteiger partial charge in [-0.05, 0) is 51.0 Å². The lowest BCUT2D eigenvalue weighted by Crippen LogP contribution is -2.40. The second kappa shape index (κ2) is 8.33. The van der Waals surface area contributed by atoms with E-state index < -0.39 is 5.91 Å². The quantitative estimate of drug-likeness (QED) is 0.826. The van der Waals surface area contributed by atoms with Gasteiger partial charge in [-0.15, -0.1) is 0 Å². The molecule has 2 aromatic rings. The van der Waals surface area contributed by atoms with Gasteiger partial charge < -0.3 is 20.7 Å². The van der Waals surface area contributed by atoms with Crippen LogP contribution in [0, 0.1) is 0 Å². The Morgan fingerprint density at radius 1 is 1.25 bits per heavy atom. The first-order valence-electron chi connectivity index (χ1n) is 9.49. The van der Waals surface area contributed by atoms with E-state index in [1.807, 2.05) is 31.6 Å². The predicted molar refractivity (Wildman–Crippen MR) is 106 cm³/mol. The minimum absolute atomic E-state index is 0.0840. The number of benzene rings is 1. The highest BCUT2D eigenvalue weighted by molar-refractivity contribution is 5.98. The summed E-state index contributed by atoms with van der Waals surface area (Å²) in [5.74, 6) is 0.228. The molecule has 2 heterocycles. The second-order valence-corrected chi connectivity index (χ2v) is 7.31. The molecule has 0 saturated carbocycles. The minimum Gasteiger partial charge on any atom is -0.490 e. The number of hydrogen-bond acceptors (Lipinski definition) is 4. The molecular weight excluding hydrogens is 358 g/mol. The van der Waals surface area contributed by atoms with Crippen molar-refractivity contribution in [2.45, 2.75) is 38.7 Å². The number of piperidine rings is 1. The number of rotatable bonds is 5. The van der Waals surface area contributed by atoms with Crippen molar-refractivity contribution in [3.63, 3.8) is 0 Å². The maximum atomic E-state index is 12.6. The fourth-order valence-electron chi connectivity index (χ4n) is 3.52. The first-order chi connectivity index (χ1) is 13.3. The number of anilines is 1. The van der Waals surface area contributed by atoms with Crippen molar-refractivity contribution >= 4 is 17.6 Å². The molecule has 8 nitrogen and oxygen atoms in total. The van der Waals surface area contributed by atoms with Crippen LogP contribution in [-0.4, -0.2) is 45.8 Å². The molecule has 0 radical (unpaired) electrons. The predicted octanol–water partition coefficient (Wildman–Crippen LogP) is 2.72. The molecule has 1 aromatic carbocycles. The summed E-state index contributed by atoms with van der Waals surface area (Å²) in [7, 11) is 1.94. The van der Waals surface area contributed by atoms with Gasteiger partial charge >= 0.3 is 6.03 Å². The Morgan fingerprint density at radius 2 is 1.96 bits per heavy atom. The molecule has 3 amide bonds. The van der Waals surface area contributed by atoms with E-state index in [1.54, 1.807) is 29.3 Å². The Bertz CT molecular complexity index is 853. The number of nitrogens with zero attached hydrogens (tertiary/aromatic N) is 3. The van der Waals surface area contributed by atoms with Crippen LogP contribution in [0.15, 0.2) is 30.5 Å². The molecule has 28 heavy (non-hydrogen) atoms. The molecule has 0 spiro atoms. The monoisotopic (exact) mass is 385 g/mol. The molecule has 1 aliphatic heterocycles. The summed E-state index contributed by atoms with van der Waals surface area (Å²) in [6, 6.07) is 6.78. The highest BCUT2D eigenvalue weighted by Gasteiger charge is 2.25. The lowest BCUT2D eigenvalue weighted by molar-refractivity contribution is 0.0994. The largest absolute Gasteiger partial charge is 0.490 e. The molecule has 0 unspecified atom stereocenters. The molecule has 3 rings (SSSR count). The number of primary amides is 1. The molecule has 1 fully saturated rings. The summed E-state index contributed by atoms with van der Waals surface area (Å²) in [6.45, 7) is 5.07. The molecule has 1 saturated heterocycles. The molecule has 0 atom stereocenters. The number of nitrogens with one attached hydrogen (secondary N) is 1. The third-order valence-electron chi connectivity index (χ3n) is 4.92. The Hall–Kier alpha value is -3.03. The number of carbonyl (C=O) groups is 2. The number of hydrogen-bond donors (Lipinski definition) is 2. The normalized spacial score (nSPS) is 14.9. The van der Waals surface area contributed by atoms with E-state index in [-0.39, 0.29) is 17.7 Å². The zero-order chi connectivity index (χ0) is 20.3. The van der Waals surface area contributed by atoms with Crippen LogP contribution in [0.3, 0.4) is 0 Å². The first kappa shape index (κ1) is 19.7. The summed E-state index contributed by atoms with van der Waals surface area (Å²) in [6.07, 6.45) is 3.50. The fourth-order valence-corrected chi connectivity index (χ4v) is 3.52. The average Bonchev–Trinajstić information content (AvgIpc) is 3.08. The van der Waals surface area contributed by atoms with Gasteiger partial charge in [-0.3, -0.25) is 9.48 Å². The van der Waals surface area contributed by atoms with E-state index >= 15 is 0 Å². The van der Waals surface area contributed by atoms with E-state index in [0.29, 0.717) is 30.4 Å². The van der Waals surface area contributed by atoms with E-state index in [2.05, 4.69) is 10.4 Å². The van der Waals surface area contributed by atoms with Gasteiger partial charge in [0.2, 0.25) is 0 Å². The molecule has 1 aromatic heterocycles. The van der Waals surface area contributed by atoms with Crippen molar-refractivity contribution in [1.82, 2.24) is 14.7 Å². The van der Waals surface area contributed by atoms with Crippen molar-refractivity contribution in [1.29, 1.82) is 0 Å². The minimum atomic E-state index is -0.594. The van der Waals surface area contributed by atoms with Crippen molar-refractivity contribution in [2.75, 3.05) is 18.4 Å². The number of carbonyl (C=O) groups excluding carboxylic acids is 2. The number of aryl methyl sites for hydroxylation is 1. The molecule has 0 aliphatic carbocycles. The van der Waals surface area contributed by atoms with Crippen LogP contribution < -0.4 is 15.8 Å². The summed E-state index contributed by atoms with van der Waals surface area (Å²) < 4.78 is 7.50. The van der Waals surface area contributed by atoms with Crippen molar-refractivity contribution in [3.05, 3.63) is 41.7 Å². The van der Waals surface area contributed by atoms with Crippen LogP contribution in [0.1, 0.15) is 48.7 Å². The van der Waals surface area contributed by atoms with Crippen LogP contribution in [0.4, 0.5) is 10.5 Å². The van der Waals surface area contributed by atoms with E-state index in [0.717, 1.165) is 12.8 Å². The standard InChI is InChI=1S/C20H27N5O3/c1-13(2)28-18-5-4-15(12-16(18)19(21)26)23-20(27)25-10-7-14(8-11-25)17-6-9-22-24(17)3/h4-6,9,12-14H,7-8,10-11H2,1-3H3,(H2,21,26)(H,23,27). The molecule has 3 N–H and O–H groups in total. The summed E-state index contributed by atoms with van der Waals surface area (Å²) >= 11 is 0. The van der Waals surface area contributed by atoms with E-state index in [4.69, 9.17) is 10.5 Å². The Balaban J connectivity index is 1.63. The van der Waals surface area contributed by atoms with Gasteiger partial charge in [0.25, 0.3) is 5.91 Å². The van der Waals surface area contributed by atoms with Gasteiger partial charge in [-0.1, -0.05) is 0 Å². The van der Waals surface area contributed by atoms with E-state index in [1.165, 1.54) is 5.69 Å². The maximum Gasteiger partial charge on any atom is 0.321 e. The van der Waals surface area contributed by atoms with Crippen molar-refractivity contribution in [2.24, 2.45) is 12.8 Å². The van der Waals surface area contributed by atoms with Gasteiger partial charge in [0.1, 0.15) is 5.75 Å². The number of likely N-dealkylation sites (tertiary alicyclic amines) is 1. The summed E-state index contributed by atoms with van der Waals surface area (Å²) in [5, 5.41) is 7.08. The highest BCUT2D eigenvalue weighted by atomic mass is 16.5. The van der Waals surface area contributed by atoms with Gasteiger partial charge in [-0.2, -0.15) is 5.10 Å². The van der Waals surface area contributed by atoms with E-state index in [9.17, 15) is 9.59 Å². The Labute approximate surface area is 164 Å². The van der Waals surface area contributed by atoms with Crippen molar-refractivity contribution in [3.8, 4) is 5.75 Å². The SMILES string of the molecule is CC(C)Oc1ccc(NC(=O)N2CCC(c3ccnn3C)CC2)cc1C(N)=O. The smallest absolute Gasteiger partial charge is 0.321 e. The average molecular weight is 385 g/mol. The Morgan fingerprint density at radius 3 is 2.54 bits per heavy atom. The van der Waals surface area contributed by atoms with Gasteiger partial charge in [-0.25, -0.2) is 4.79 Å². The molecule has 150 valence electrons. The Kier molecular flexibility index (Phi) is 5.87. The lowest BCUT2D eigenvalue weighted by Gasteiger charge is -2.32. The highest BCUT2D eigenvalue weighted by Crippen LogP contribution is 2.28. The third-order valence-corrected chi connectivity index (χ3v) is 4.92. The number of aromatic nitrogens is 2. The molecule has 8 heteroatoms. The zero-order valence-electron chi connectivity index (χ0n) is 16.5. The van der Waals surface area contributed by atoms with Gasteiger partial charge in [0.05, 0.1) is 11.7 Å². The summed E-state index contributed by atoms with van der Waals surface area (Å²) in [4.78, 5) is 26.1. The van der Waals surface area contributed by atoms with Gasteiger partial charge in [0, 0.05) is 43.6 Å². The van der Waals surface area contributed by atoms with Crippen LogP contribution >= 0.6 is 0 Å². The van der Waals surface area contributed by atoms with Crippen LogP contribution in [0.2, 0.25) is 0 Å². The van der Waals surface area contributed by atoms with Gasteiger partial charge in [0.15, 0.2) is 0 Å². The molecule has 0 bridgehead atoms. The topological polar surface area (TPSA) is 102 Å². The lowest BCUT2D eigenvalue weighted by atomic mass is 9.93. The fraction of sp³-hybridized carbons (Fsp3) is 0.450. The maximum absolute atomic E-state index is 12.6. The zero-order valence-corrected chi connectivity index (χ0v) is 16.5. The molecule has 1 aliphatic rings. The first-order valence-corrected chi connectivity index (χ1v) is 9.49. The molecular formula is C20H27N5O3. The van der Waals surface area contributed by atoms with Crippen LogP contribution in [-0.2, 0) is 7.05 Å². The summed E-state index contributed by atoms with van der Waals surface area (Å²) in [5.41, 5.74) is 7.43. The third kappa shape index (κ3) is 4.44. The number of urea groups is 1.